The van der Waals surface area contributed by atoms with Crippen molar-refractivity contribution in [1.82, 2.24) is 9.97 Å². The minimum Gasteiger partial charge on any atom is -0.373 e. The van der Waals surface area contributed by atoms with Gasteiger partial charge in [-0.1, -0.05) is 30.7 Å². The number of rotatable bonds is 4. The summed E-state index contributed by atoms with van der Waals surface area (Å²) in [7, 11) is 1.89. The zero-order valence-corrected chi connectivity index (χ0v) is 12.3. The van der Waals surface area contributed by atoms with E-state index >= 15 is 0 Å². The van der Waals surface area contributed by atoms with Gasteiger partial charge in [-0.3, -0.25) is 0 Å². The number of nitrogens with zero attached hydrogens (tertiary/aromatic N) is 2. The van der Waals surface area contributed by atoms with Gasteiger partial charge in [0, 0.05) is 29.7 Å². The van der Waals surface area contributed by atoms with Crippen LogP contribution in [0.2, 0.25) is 5.02 Å². The molecule has 0 saturated carbocycles. The summed E-state index contributed by atoms with van der Waals surface area (Å²) in [4.78, 5) is 9.19. The Morgan fingerprint density at radius 2 is 2.05 bits per heavy atom. The molecule has 0 spiro atoms. The van der Waals surface area contributed by atoms with E-state index in [1.165, 1.54) is 0 Å². The van der Waals surface area contributed by atoms with Crippen LogP contribution in [0.5, 0.6) is 0 Å². The van der Waals surface area contributed by atoms with E-state index in [-0.39, 0.29) is 0 Å². The molecule has 1 N–H and O–H groups in total. The van der Waals surface area contributed by atoms with E-state index in [0.29, 0.717) is 6.42 Å². The predicted molar refractivity (Wildman–Crippen MR) is 80.0 cm³/mol. The van der Waals surface area contributed by atoms with Gasteiger partial charge >= 0.3 is 0 Å². The molecule has 2 rings (SSSR count). The molecule has 1 aromatic heterocycles. The molecule has 0 aliphatic heterocycles. The first kappa shape index (κ1) is 13.8. The lowest BCUT2D eigenvalue weighted by atomic mass is 10.1. The fourth-order valence-corrected chi connectivity index (χ4v) is 2.32. The van der Waals surface area contributed by atoms with Crippen LogP contribution in [0.25, 0.3) is 0 Å². The van der Waals surface area contributed by atoms with Gasteiger partial charge in [0.15, 0.2) is 0 Å². The van der Waals surface area contributed by atoms with Gasteiger partial charge in [-0.15, -0.1) is 0 Å². The zero-order valence-electron chi connectivity index (χ0n) is 11.5. The van der Waals surface area contributed by atoms with E-state index < -0.39 is 0 Å². The summed E-state index contributed by atoms with van der Waals surface area (Å²) in [5.41, 5.74) is 3.34. The molecule has 0 aliphatic rings. The van der Waals surface area contributed by atoms with E-state index in [9.17, 15) is 0 Å². The fourth-order valence-electron chi connectivity index (χ4n) is 2.11. The molecule has 100 valence electrons. The van der Waals surface area contributed by atoms with Gasteiger partial charge in [0.1, 0.15) is 11.6 Å². The minimum absolute atomic E-state index is 0.697. The number of aryl methyl sites for hydroxylation is 1. The Balaban J connectivity index is 2.35. The second kappa shape index (κ2) is 6.02. The van der Waals surface area contributed by atoms with Crippen LogP contribution in [-0.4, -0.2) is 17.0 Å². The van der Waals surface area contributed by atoms with Crippen LogP contribution in [0.4, 0.5) is 5.82 Å². The van der Waals surface area contributed by atoms with E-state index in [0.717, 1.165) is 39.9 Å². The van der Waals surface area contributed by atoms with Crippen molar-refractivity contribution in [2.24, 2.45) is 0 Å². The van der Waals surface area contributed by atoms with Crippen LogP contribution in [-0.2, 0) is 12.8 Å². The van der Waals surface area contributed by atoms with E-state index in [1.807, 2.05) is 38.2 Å². The highest BCUT2D eigenvalue weighted by Gasteiger charge is 2.09. The van der Waals surface area contributed by atoms with Crippen LogP contribution in [0.1, 0.15) is 29.6 Å². The number of hydrogen-bond acceptors (Lipinski definition) is 3. The Morgan fingerprint density at radius 1 is 1.26 bits per heavy atom. The van der Waals surface area contributed by atoms with Gasteiger partial charge in [-0.2, -0.15) is 0 Å². The molecule has 0 amide bonds. The van der Waals surface area contributed by atoms with Crippen LogP contribution < -0.4 is 5.32 Å². The van der Waals surface area contributed by atoms with Gasteiger partial charge in [-0.05, 0) is 31.0 Å². The maximum atomic E-state index is 6.00. The number of halogens is 1. The summed E-state index contributed by atoms with van der Waals surface area (Å²) in [6.07, 6.45) is 1.61. The quantitative estimate of drug-likeness (QED) is 0.926. The van der Waals surface area contributed by atoms with Crippen molar-refractivity contribution in [1.29, 1.82) is 0 Å². The van der Waals surface area contributed by atoms with Crippen molar-refractivity contribution in [2.75, 3.05) is 12.4 Å². The molecule has 1 heterocycles. The SMILES string of the molecule is CCc1nc(Cc2cccc(Cl)c2)nc(NC)c1C. The van der Waals surface area contributed by atoms with Gasteiger partial charge in [-0.25, -0.2) is 9.97 Å². The second-order valence-corrected chi connectivity index (χ2v) is 4.91. The molecule has 0 saturated heterocycles. The highest BCUT2D eigenvalue weighted by atomic mass is 35.5. The molecule has 2 aromatic rings. The zero-order chi connectivity index (χ0) is 13.8. The molecular weight excluding hydrogens is 258 g/mol. The number of benzene rings is 1. The topological polar surface area (TPSA) is 37.8 Å². The standard InChI is InChI=1S/C15H18ClN3/c1-4-13-10(2)15(17-3)19-14(18-13)9-11-6-5-7-12(16)8-11/h5-8H,4,9H2,1-3H3,(H,17,18,19). The normalized spacial score (nSPS) is 10.5. The molecular formula is C15H18ClN3. The number of nitrogens with one attached hydrogen (secondary N) is 1. The molecule has 0 fully saturated rings. The van der Waals surface area contributed by atoms with Crippen LogP contribution >= 0.6 is 11.6 Å². The van der Waals surface area contributed by atoms with Gasteiger partial charge in [0.25, 0.3) is 0 Å². The van der Waals surface area contributed by atoms with Crippen molar-refractivity contribution < 1.29 is 0 Å². The molecule has 0 atom stereocenters. The third-order valence-electron chi connectivity index (χ3n) is 3.12. The van der Waals surface area contributed by atoms with Crippen LogP contribution in [0.3, 0.4) is 0 Å². The fraction of sp³-hybridized carbons (Fsp3) is 0.333. The Bertz CT molecular complexity index is 556. The Labute approximate surface area is 119 Å². The molecule has 0 unspecified atom stereocenters. The predicted octanol–water partition coefficient (Wildman–Crippen LogP) is 3.63. The van der Waals surface area contributed by atoms with E-state index in [1.54, 1.807) is 0 Å². The summed E-state index contributed by atoms with van der Waals surface area (Å²) in [6.45, 7) is 4.16. The first-order chi connectivity index (χ1) is 9.13. The average molecular weight is 276 g/mol. The first-order valence-corrected chi connectivity index (χ1v) is 6.80. The largest absolute Gasteiger partial charge is 0.373 e. The third kappa shape index (κ3) is 3.24. The second-order valence-electron chi connectivity index (χ2n) is 4.47. The summed E-state index contributed by atoms with van der Waals surface area (Å²) in [5.74, 6) is 1.73. The summed E-state index contributed by atoms with van der Waals surface area (Å²) in [6, 6.07) is 7.82. The Kier molecular flexibility index (Phi) is 4.38. The van der Waals surface area contributed by atoms with Crippen molar-refractivity contribution in [3.05, 3.63) is 51.9 Å². The van der Waals surface area contributed by atoms with Crippen molar-refractivity contribution in [3.8, 4) is 0 Å². The summed E-state index contributed by atoms with van der Waals surface area (Å²) < 4.78 is 0. The summed E-state index contributed by atoms with van der Waals surface area (Å²) >= 11 is 6.00. The molecule has 1 aromatic carbocycles. The third-order valence-corrected chi connectivity index (χ3v) is 3.35. The van der Waals surface area contributed by atoms with E-state index in [4.69, 9.17) is 11.6 Å². The lowest BCUT2D eigenvalue weighted by molar-refractivity contribution is 0.891. The minimum atomic E-state index is 0.697. The lowest BCUT2D eigenvalue weighted by Crippen LogP contribution is -2.07. The Hall–Kier alpha value is -1.61. The van der Waals surface area contributed by atoms with Gasteiger partial charge < -0.3 is 5.32 Å². The maximum absolute atomic E-state index is 6.00. The van der Waals surface area contributed by atoms with Gasteiger partial charge in [0.05, 0.1) is 0 Å². The van der Waals surface area contributed by atoms with Gasteiger partial charge in [0.2, 0.25) is 0 Å². The molecule has 4 heteroatoms. The Morgan fingerprint density at radius 3 is 2.68 bits per heavy atom. The van der Waals surface area contributed by atoms with Crippen molar-refractivity contribution in [2.45, 2.75) is 26.7 Å². The first-order valence-electron chi connectivity index (χ1n) is 6.42. The highest BCUT2D eigenvalue weighted by molar-refractivity contribution is 6.30. The highest BCUT2D eigenvalue weighted by Crippen LogP contribution is 2.18. The molecule has 0 aliphatic carbocycles. The number of anilines is 1. The van der Waals surface area contributed by atoms with Crippen molar-refractivity contribution >= 4 is 17.4 Å². The molecule has 19 heavy (non-hydrogen) atoms. The molecule has 0 radical (unpaired) electrons. The molecule has 3 nitrogen and oxygen atoms in total. The number of hydrogen-bond donors (Lipinski definition) is 1. The van der Waals surface area contributed by atoms with E-state index in [2.05, 4.69) is 22.2 Å². The van der Waals surface area contributed by atoms with Crippen LogP contribution in [0, 0.1) is 6.92 Å². The van der Waals surface area contributed by atoms with Crippen molar-refractivity contribution in [3.63, 3.8) is 0 Å². The maximum Gasteiger partial charge on any atom is 0.135 e. The number of aromatic nitrogens is 2. The summed E-state index contributed by atoms with van der Waals surface area (Å²) in [5, 5.41) is 3.87. The lowest BCUT2D eigenvalue weighted by Gasteiger charge is -2.11. The average Bonchev–Trinajstić information content (AvgIpc) is 2.40. The monoisotopic (exact) mass is 275 g/mol. The van der Waals surface area contributed by atoms with Crippen LogP contribution in [0.15, 0.2) is 24.3 Å². The molecule has 0 bridgehead atoms. The smallest absolute Gasteiger partial charge is 0.135 e.